The molecular weight excluding hydrogens is 482 g/mol. The Hall–Kier alpha value is -3.62. The van der Waals surface area contributed by atoms with Gasteiger partial charge in [0.2, 0.25) is 5.91 Å². The van der Waals surface area contributed by atoms with Gasteiger partial charge >= 0.3 is 0 Å². The third-order valence-corrected chi connectivity index (χ3v) is 7.20. The van der Waals surface area contributed by atoms with E-state index in [-0.39, 0.29) is 11.8 Å². The number of rotatable bonds is 8. The van der Waals surface area contributed by atoms with E-state index in [1.165, 1.54) is 11.0 Å². The number of thiophene rings is 1. The van der Waals surface area contributed by atoms with Crippen molar-refractivity contribution in [3.05, 3.63) is 71.5 Å². The van der Waals surface area contributed by atoms with Crippen molar-refractivity contribution in [2.75, 3.05) is 11.9 Å². The van der Waals surface area contributed by atoms with E-state index in [2.05, 4.69) is 26.7 Å². The summed E-state index contributed by atoms with van der Waals surface area (Å²) in [6.07, 6.45) is 5.49. The Balaban J connectivity index is 1.21. The second kappa shape index (κ2) is 9.20. The van der Waals surface area contributed by atoms with E-state index in [9.17, 15) is 4.79 Å². The first-order chi connectivity index (χ1) is 17.2. The number of nitrogens with one attached hydrogen (secondary N) is 2. The number of halogens is 1. The van der Waals surface area contributed by atoms with Crippen LogP contribution in [0.5, 0.6) is 11.5 Å². The molecule has 176 valence electrons. The van der Waals surface area contributed by atoms with Crippen LogP contribution in [0, 0.1) is 5.92 Å². The van der Waals surface area contributed by atoms with Crippen LogP contribution in [-0.2, 0) is 11.3 Å². The average molecular weight is 504 g/mol. The molecule has 5 aromatic rings. The van der Waals surface area contributed by atoms with E-state index in [0.717, 1.165) is 40.7 Å². The molecule has 0 bridgehead atoms. The zero-order valence-electron chi connectivity index (χ0n) is 18.7. The molecule has 1 aliphatic carbocycles. The van der Waals surface area contributed by atoms with Gasteiger partial charge in [-0.2, -0.15) is 0 Å². The van der Waals surface area contributed by atoms with Crippen LogP contribution in [0.2, 0.25) is 5.02 Å². The third kappa shape index (κ3) is 4.54. The highest BCUT2D eigenvalue weighted by molar-refractivity contribution is 7.17. The highest BCUT2D eigenvalue weighted by atomic mass is 35.5. The van der Waals surface area contributed by atoms with Crippen molar-refractivity contribution in [3.8, 4) is 11.5 Å². The number of benzene rings is 2. The number of carbonyl (C=O) groups excluding carboxylic acids is 1. The van der Waals surface area contributed by atoms with Crippen molar-refractivity contribution >= 4 is 61.5 Å². The standard InChI is InChI=1S/C26H22ClN5O2S/c27-19-14-17(6-7-22(19)34-21-2-1-3-23-18(21)9-13-35-23)31-25-24-20(29-15-30-25)8-11-32(24)12-10-28-26(33)16-4-5-16/h1-3,6-9,11,13-16H,4-5,10,12H2,(H,28,33)(H,29,30,31). The Morgan fingerprint density at radius 1 is 1.14 bits per heavy atom. The predicted molar refractivity (Wildman–Crippen MR) is 140 cm³/mol. The molecule has 0 atom stereocenters. The van der Waals surface area contributed by atoms with Gasteiger partial charge < -0.3 is 19.9 Å². The van der Waals surface area contributed by atoms with Crippen LogP contribution < -0.4 is 15.4 Å². The third-order valence-electron chi connectivity index (χ3n) is 6.02. The second-order valence-corrected chi connectivity index (χ2v) is 9.85. The summed E-state index contributed by atoms with van der Waals surface area (Å²) in [4.78, 5) is 20.8. The van der Waals surface area contributed by atoms with Crippen LogP contribution in [0.1, 0.15) is 12.8 Å². The molecule has 6 rings (SSSR count). The smallest absolute Gasteiger partial charge is 0.223 e. The van der Waals surface area contributed by atoms with Gasteiger partial charge in [-0.3, -0.25) is 4.79 Å². The first-order valence-electron chi connectivity index (χ1n) is 11.4. The van der Waals surface area contributed by atoms with Crippen LogP contribution in [-0.4, -0.2) is 27.0 Å². The average Bonchev–Trinajstić information content (AvgIpc) is 3.45. The zero-order valence-corrected chi connectivity index (χ0v) is 20.3. The fourth-order valence-corrected chi connectivity index (χ4v) is 5.09. The minimum atomic E-state index is 0.142. The lowest BCUT2D eigenvalue weighted by molar-refractivity contribution is -0.122. The molecule has 2 aromatic carbocycles. The van der Waals surface area contributed by atoms with E-state index in [1.807, 2.05) is 58.6 Å². The molecule has 7 nitrogen and oxygen atoms in total. The Morgan fingerprint density at radius 2 is 2.06 bits per heavy atom. The lowest BCUT2D eigenvalue weighted by atomic mass is 10.2. The summed E-state index contributed by atoms with van der Waals surface area (Å²) in [6, 6.07) is 15.6. The molecule has 3 heterocycles. The molecule has 1 saturated carbocycles. The quantitative estimate of drug-likeness (QED) is 0.257. The minimum absolute atomic E-state index is 0.142. The first kappa shape index (κ1) is 21.9. The highest BCUT2D eigenvalue weighted by Crippen LogP contribution is 2.37. The molecule has 0 saturated heterocycles. The van der Waals surface area contributed by atoms with E-state index in [1.54, 1.807) is 11.3 Å². The van der Waals surface area contributed by atoms with E-state index >= 15 is 0 Å². The summed E-state index contributed by atoms with van der Waals surface area (Å²) >= 11 is 8.26. The van der Waals surface area contributed by atoms with Gasteiger partial charge in [0.1, 0.15) is 23.3 Å². The van der Waals surface area contributed by atoms with E-state index in [4.69, 9.17) is 16.3 Å². The van der Waals surface area contributed by atoms with Crippen LogP contribution in [0.25, 0.3) is 21.1 Å². The summed E-state index contributed by atoms with van der Waals surface area (Å²) in [5.41, 5.74) is 2.48. The molecule has 1 amide bonds. The van der Waals surface area contributed by atoms with Crippen molar-refractivity contribution in [2.45, 2.75) is 19.4 Å². The molecule has 0 radical (unpaired) electrons. The van der Waals surface area contributed by atoms with Crippen molar-refractivity contribution in [2.24, 2.45) is 5.92 Å². The van der Waals surface area contributed by atoms with Gasteiger partial charge in [0, 0.05) is 41.0 Å². The van der Waals surface area contributed by atoms with Crippen LogP contribution in [0.15, 0.2) is 66.4 Å². The van der Waals surface area contributed by atoms with Gasteiger partial charge in [-0.05, 0) is 60.7 Å². The molecule has 0 aliphatic heterocycles. The van der Waals surface area contributed by atoms with Crippen molar-refractivity contribution in [1.29, 1.82) is 0 Å². The fraction of sp³-hybridized carbons (Fsp3) is 0.192. The van der Waals surface area contributed by atoms with Gasteiger partial charge in [-0.1, -0.05) is 17.7 Å². The number of hydrogen-bond donors (Lipinski definition) is 2. The SMILES string of the molecule is O=C(NCCn1ccc2ncnc(Nc3ccc(Oc4cccc5sccc45)c(Cl)c3)c21)C1CC1. The number of hydrogen-bond acceptors (Lipinski definition) is 6. The summed E-state index contributed by atoms with van der Waals surface area (Å²) in [5, 5.41) is 9.97. The van der Waals surface area contributed by atoms with Crippen LogP contribution in [0.4, 0.5) is 11.5 Å². The Kier molecular flexibility index (Phi) is 5.75. The number of anilines is 2. The van der Waals surface area contributed by atoms with Crippen LogP contribution >= 0.6 is 22.9 Å². The Morgan fingerprint density at radius 3 is 2.91 bits per heavy atom. The molecular formula is C26H22ClN5O2S. The highest BCUT2D eigenvalue weighted by Gasteiger charge is 2.29. The number of ether oxygens (including phenoxy) is 1. The molecule has 0 spiro atoms. The predicted octanol–water partition coefficient (Wildman–Crippen LogP) is 6.36. The normalized spacial score (nSPS) is 13.3. The zero-order chi connectivity index (χ0) is 23.8. The van der Waals surface area contributed by atoms with Crippen LogP contribution in [0.3, 0.4) is 0 Å². The number of nitrogens with zero attached hydrogens (tertiary/aromatic N) is 3. The maximum absolute atomic E-state index is 12.0. The minimum Gasteiger partial charge on any atom is -0.455 e. The largest absolute Gasteiger partial charge is 0.455 e. The second-order valence-electron chi connectivity index (χ2n) is 8.49. The molecule has 0 unspecified atom stereocenters. The molecule has 35 heavy (non-hydrogen) atoms. The molecule has 1 fully saturated rings. The lowest BCUT2D eigenvalue weighted by Gasteiger charge is -2.13. The summed E-state index contributed by atoms with van der Waals surface area (Å²) in [5.74, 6) is 2.37. The summed E-state index contributed by atoms with van der Waals surface area (Å²) < 4.78 is 9.34. The fourth-order valence-electron chi connectivity index (χ4n) is 4.07. The number of amides is 1. The molecule has 2 N–H and O–H groups in total. The molecule has 9 heteroatoms. The van der Waals surface area contributed by atoms with Gasteiger partial charge in [-0.15, -0.1) is 11.3 Å². The van der Waals surface area contributed by atoms with E-state index < -0.39 is 0 Å². The number of fused-ring (bicyclic) bond motifs is 2. The van der Waals surface area contributed by atoms with Gasteiger partial charge in [0.05, 0.1) is 10.5 Å². The number of carbonyl (C=O) groups is 1. The maximum Gasteiger partial charge on any atom is 0.223 e. The monoisotopic (exact) mass is 503 g/mol. The summed E-state index contributed by atoms with van der Waals surface area (Å²) in [7, 11) is 0. The van der Waals surface area contributed by atoms with E-state index in [0.29, 0.717) is 29.7 Å². The number of aromatic nitrogens is 3. The van der Waals surface area contributed by atoms with Crippen molar-refractivity contribution < 1.29 is 9.53 Å². The van der Waals surface area contributed by atoms with Gasteiger partial charge in [-0.25, -0.2) is 9.97 Å². The Labute approximate surface area is 210 Å². The topological polar surface area (TPSA) is 81.1 Å². The maximum atomic E-state index is 12.0. The first-order valence-corrected chi connectivity index (χ1v) is 12.7. The molecule has 1 aliphatic rings. The van der Waals surface area contributed by atoms with Crippen molar-refractivity contribution in [1.82, 2.24) is 19.9 Å². The van der Waals surface area contributed by atoms with Gasteiger partial charge in [0.25, 0.3) is 0 Å². The van der Waals surface area contributed by atoms with Crippen molar-refractivity contribution in [3.63, 3.8) is 0 Å². The molecule has 3 aromatic heterocycles. The lowest BCUT2D eigenvalue weighted by Crippen LogP contribution is -2.28. The summed E-state index contributed by atoms with van der Waals surface area (Å²) in [6.45, 7) is 1.19. The van der Waals surface area contributed by atoms with Gasteiger partial charge in [0.15, 0.2) is 5.82 Å². The Bertz CT molecular complexity index is 1540.